The lowest BCUT2D eigenvalue weighted by Crippen LogP contribution is -2.41. The van der Waals surface area contributed by atoms with Crippen LogP contribution < -0.4 is 20.3 Å². The number of halogens is 2. The Balaban J connectivity index is 2.04. The summed E-state index contributed by atoms with van der Waals surface area (Å²) in [6.07, 6.45) is 0. The van der Waals surface area contributed by atoms with Crippen LogP contribution in [0.1, 0.15) is 27.6 Å². The van der Waals surface area contributed by atoms with Gasteiger partial charge in [-0.25, -0.2) is 8.42 Å². The van der Waals surface area contributed by atoms with Crippen LogP contribution in [0.2, 0.25) is 0 Å². The molecular formula is C18H18F2N2O6S. The van der Waals surface area contributed by atoms with Crippen molar-refractivity contribution in [3.63, 3.8) is 0 Å². The fourth-order valence-corrected chi connectivity index (χ4v) is 2.96. The summed E-state index contributed by atoms with van der Waals surface area (Å²) in [5.74, 6) is -4.18. The van der Waals surface area contributed by atoms with E-state index in [1.807, 2.05) is 0 Å². The number of rotatable bonds is 7. The van der Waals surface area contributed by atoms with E-state index >= 15 is 0 Å². The molecule has 0 saturated heterocycles. The first-order valence-corrected chi connectivity index (χ1v) is 9.79. The number of alkyl halides is 2. The van der Waals surface area contributed by atoms with Gasteiger partial charge < -0.3 is 9.47 Å². The highest BCUT2D eigenvalue weighted by molar-refractivity contribution is 7.91. The number of carbonyl (C=O) groups excluding carboxylic acids is 2. The molecule has 0 heterocycles. The van der Waals surface area contributed by atoms with Gasteiger partial charge >= 0.3 is 5.76 Å². The summed E-state index contributed by atoms with van der Waals surface area (Å²) in [4.78, 5) is 23.6. The molecule has 2 amide bonds. The molecule has 2 N–H and O–H groups in total. The molecule has 0 aliphatic rings. The Morgan fingerprint density at radius 2 is 1.52 bits per heavy atom. The summed E-state index contributed by atoms with van der Waals surface area (Å²) in [5.41, 5.74) is 4.48. The standard InChI is InChI=1S/C18H18F2N2O6S/c1-3-28-14-9-6-12(10-15(14)27-2)17(24)22-21-16(23)11-4-7-13(8-5-11)29(25,26)18(19)20/h4-10,18H,3H2,1-2H3,(H,21,23)(H,22,24). The third-order valence-corrected chi connectivity index (χ3v) is 5.09. The van der Waals surface area contributed by atoms with Gasteiger partial charge in [0.05, 0.1) is 18.6 Å². The molecule has 0 spiro atoms. The average Bonchev–Trinajstić information content (AvgIpc) is 2.72. The minimum absolute atomic E-state index is 0.0391. The molecule has 0 aromatic heterocycles. The summed E-state index contributed by atoms with van der Waals surface area (Å²) >= 11 is 0. The van der Waals surface area contributed by atoms with Crippen molar-refractivity contribution in [2.75, 3.05) is 13.7 Å². The van der Waals surface area contributed by atoms with Crippen molar-refractivity contribution >= 4 is 21.7 Å². The zero-order valence-corrected chi connectivity index (χ0v) is 16.3. The van der Waals surface area contributed by atoms with Crippen LogP contribution in [0.5, 0.6) is 11.5 Å². The topological polar surface area (TPSA) is 111 Å². The second-order valence-corrected chi connectivity index (χ2v) is 7.45. The minimum Gasteiger partial charge on any atom is -0.493 e. The van der Waals surface area contributed by atoms with E-state index in [-0.39, 0.29) is 11.1 Å². The number of methoxy groups -OCH3 is 1. The molecule has 0 radical (unpaired) electrons. The molecule has 0 atom stereocenters. The molecule has 2 rings (SSSR count). The number of ether oxygens (including phenoxy) is 2. The lowest BCUT2D eigenvalue weighted by molar-refractivity contribution is 0.0846. The number of nitrogens with one attached hydrogen (secondary N) is 2. The van der Waals surface area contributed by atoms with Crippen molar-refractivity contribution < 1.29 is 36.3 Å². The van der Waals surface area contributed by atoms with Crippen molar-refractivity contribution in [3.8, 4) is 11.5 Å². The van der Waals surface area contributed by atoms with Crippen LogP contribution in [0.25, 0.3) is 0 Å². The number of sulfone groups is 1. The third kappa shape index (κ3) is 5.19. The van der Waals surface area contributed by atoms with Crippen molar-refractivity contribution in [1.29, 1.82) is 0 Å². The highest BCUT2D eigenvalue weighted by Crippen LogP contribution is 2.28. The van der Waals surface area contributed by atoms with Gasteiger partial charge in [0.1, 0.15) is 0 Å². The Morgan fingerprint density at radius 1 is 0.966 bits per heavy atom. The predicted molar refractivity (Wildman–Crippen MR) is 98.7 cm³/mol. The van der Waals surface area contributed by atoms with Gasteiger partial charge in [-0.3, -0.25) is 20.4 Å². The van der Waals surface area contributed by atoms with E-state index in [9.17, 15) is 26.8 Å². The van der Waals surface area contributed by atoms with Crippen molar-refractivity contribution in [1.82, 2.24) is 10.9 Å². The van der Waals surface area contributed by atoms with Gasteiger partial charge in [0.2, 0.25) is 9.84 Å². The first-order chi connectivity index (χ1) is 13.7. The van der Waals surface area contributed by atoms with Crippen LogP contribution >= 0.6 is 0 Å². The SMILES string of the molecule is CCOc1ccc(C(=O)NNC(=O)c2ccc(S(=O)(=O)C(F)F)cc2)cc1OC. The Morgan fingerprint density at radius 3 is 2.03 bits per heavy atom. The highest BCUT2D eigenvalue weighted by Gasteiger charge is 2.26. The smallest absolute Gasteiger partial charge is 0.341 e. The van der Waals surface area contributed by atoms with Gasteiger partial charge in [-0.1, -0.05) is 0 Å². The van der Waals surface area contributed by atoms with E-state index in [1.54, 1.807) is 13.0 Å². The molecule has 0 bridgehead atoms. The fourth-order valence-electron chi connectivity index (χ4n) is 2.24. The number of hydrogen-bond acceptors (Lipinski definition) is 6. The number of hydrazine groups is 1. The quantitative estimate of drug-likeness (QED) is 0.654. The second-order valence-electron chi connectivity index (χ2n) is 5.54. The summed E-state index contributed by atoms with van der Waals surface area (Å²) in [5, 5.41) is 0. The van der Waals surface area contributed by atoms with Gasteiger partial charge in [-0.05, 0) is 49.4 Å². The Bertz CT molecular complexity index is 994. The largest absolute Gasteiger partial charge is 0.493 e. The Hall–Kier alpha value is -3.21. The van der Waals surface area contributed by atoms with Crippen molar-refractivity contribution in [2.24, 2.45) is 0 Å². The zero-order chi connectivity index (χ0) is 21.6. The maximum Gasteiger partial charge on any atom is 0.341 e. The first-order valence-electron chi connectivity index (χ1n) is 8.24. The van der Waals surface area contributed by atoms with Gasteiger partial charge in [-0.15, -0.1) is 0 Å². The van der Waals surface area contributed by atoms with E-state index < -0.39 is 32.3 Å². The maximum absolute atomic E-state index is 12.5. The molecule has 11 heteroatoms. The van der Waals surface area contributed by atoms with Crippen LogP contribution in [0.4, 0.5) is 8.78 Å². The third-order valence-electron chi connectivity index (χ3n) is 3.69. The lowest BCUT2D eigenvalue weighted by Gasteiger charge is -2.12. The predicted octanol–water partition coefficient (Wildman–Crippen LogP) is 2.17. The molecule has 0 aliphatic heterocycles. The van der Waals surface area contributed by atoms with Gasteiger partial charge in [0.25, 0.3) is 11.8 Å². The Kier molecular flexibility index (Phi) is 7.10. The molecule has 0 fully saturated rings. The normalized spacial score (nSPS) is 11.1. The van der Waals surface area contributed by atoms with Crippen LogP contribution in [0.3, 0.4) is 0 Å². The molecule has 156 valence electrons. The van der Waals surface area contributed by atoms with Crippen molar-refractivity contribution in [3.05, 3.63) is 53.6 Å². The molecule has 2 aromatic rings. The van der Waals surface area contributed by atoms with Crippen LogP contribution in [0, 0.1) is 0 Å². The van der Waals surface area contributed by atoms with Gasteiger partial charge in [0.15, 0.2) is 11.5 Å². The minimum atomic E-state index is -4.75. The van der Waals surface area contributed by atoms with Crippen LogP contribution in [-0.4, -0.2) is 39.7 Å². The number of benzene rings is 2. The van der Waals surface area contributed by atoms with Crippen LogP contribution in [-0.2, 0) is 9.84 Å². The molecule has 2 aromatic carbocycles. The number of hydrogen-bond donors (Lipinski definition) is 2. The summed E-state index contributed by atoms with van der Waals surface area (Å²) in [6.45, 7) is 2.21. The fraction of sp³-hybridized carbons (Fsp3) is 0.222. The zero-order valence-electron chi connectivity index (χ0n) is 15.4. The molecule has 8 nitrogen and oxygen atoms in total. The summed E-state index contributed by atoms with van der Waals surface area (Å²) < 4.78 is 58.3. The molecule has 0 aliphatic carbocycles. The molecule has 29 heavy (non-hydrogen) atoms. The van der Waals surface area contributed by atoms with Crippen LogP contribution in [0.15, 0.2) is 47.4 Å². The second kappa shape index (κ2) is 9.32. The average molecular weight is 428 g/mol. The van der Waals surface area contributed by atoms with Crippen molar-refractivity contribution in [2.45, 2.75) is 17.6 Å². The molecular weight excluding hydrogens is 410 g/mol. The first kappa shape index (κ1) is 22.1. The molecule has 0 unspecified atom stereocenters. The Labute approximate surface area is 165 Å². The van der Waals surface area contributed by atoms with E-state index in [2.05, 4.69) is 10.9 Å². The maximum atomic E-state index is 12.5. The van der Waals surface area contributed by atoms with Gasteiger partial charge in [-0.2, -0.15) is 8.78 Å². The summed E-state index contributed by atoms with van der Waals surface area (Å²) in [7, 11) is -3.34. The molecule has 0 saturated carbocycles. The lowest BCUT2D eigenvalue weighted by atomic mass is 10.2. The number of amides is 2. The number of carbonyl (C=O) groups is 2. The highest BCUT2D eigenvalue weighted by atomic mass is 32.2. The monoisotopic (exact) mass is 428 g/mol. The van der Waals surface area contributed by atoms with E-state index in [4.69, 9.17) is 9.47 Å². The van der Waals surface area contributed by atoms with E-state index in [1.165, 1.54) is 19.2 Å². The van der Waals surface area contributed by atoms with E-state index in [0.29, 0.717) is 18.1 Å². The van der Waals surface area contributed by atoms with E-state index in [0.717, 1.165) is 24.3 Å². The summed E-state index contributed by atoms with van der Waals surface area (Å²) in [6, 6.07) is 8.31. The van der Waals surface area contributed by atoms with Gasteiger partial charge in [0, 0.05) is 11.1 Å².